The Morgan fingerprint density at radius 2 is 1.70 bits per heavy atom. The first-order valence-electron chi connectivity index (χ1n) is 11.4. The standard InChI is InChI=1S/C26H38N2O4S/c1-17(2)22-16-23(20(5)15-25(22)32-7)21(6)27-26(29)10-9-13-28(33(8,30)31)24-14-18(3)11-12-19(24)4/h11-12,14-17,21H,9-10,13H2,1-8H3,(H,27,29)/t21-/m1/s1. The molecule has 0 unspecified atom stereocenters. The van der Waals surface area contributed by atoms with Crippen molar-refractivity contribution in [3.63, 3.8) is 0 Å². The molecule has 2 aromatic carbocycles. The fourth-order valence-corrected chi connectivity index (χ4v) is 5.05. The highest BCUT2D eigenvalue weighted by atomic mass is 32.2. The Hall–Kier alpha value is -2.54. The van der Waals surface area contributed by atoms with E-state index in [1.807, 2.05) is 52.0 Å². The summed E-state index contributed by atoms with van der Waals surface area (Å²) in [6, 6.07) is 9.71. The number of carbonyl (C=O) groups is 1. The summed E-state index contributed by atoms with van der Waals surface area (Å²) in [5, 5.41) is 3.07. The molecule has 182 valence electrons. The van der Waals surface area contributed by atoms with E-state index in [0.717, 1.165) is 33.6 Å². The van der Waals surface area contributed by atoms with Crippen LogP contribution in [0.4, 0.5) is 5.69 Å². The summed E-state index contributed by atoms with van der Waals surface area (Å²) >= 11 is 0. The molecule has 0 aromatic heterocycles. The number of carbonyl (C=O) groups excluding carboxylic acids is 1. The number of hydrogen-bond acceptors (Lipinski definition) is 4. The number of benzene rings is 2. The average Bonchev–Trinajstić information content (AvgIpc) is 2.71. The van der Waals surface area contributed by atoms with Crippen molar-refractivity contribution in [1.82, 2.24) is 5.32 Å². The van der Waals surface area contributed by atoms with Gasteiger partial charge in [-0.1, -0.05) is 26.0 Å². The average molecular weight is 475 g/mol. The van der Waals surface area contributed by atoms with Crippen molar-refractivity contribution in [3.05, 3.63) is 58.1 Å². The fraction of sp³-hybridized carbons (Fsp3) is 0.500. The van der Waals surface area contributed by atoms with Gasteiger partial charge < -0.3 is 10.1 Å². The third-order valence-corrected chi connectivity index (χ3v) is 7.06. The lowest BCUT2D eigenvalue weighted by Crippen LogP contribution is -2.33. The molecule has 33 heavy (non-hydrogen) atoms. The highest BCUT2D eigenvalue weighted by Gasteiger charge is 2.21. The van der Waals surface area contributed by atoms with Gasteiger partial charge in [0, 0.05) is 13.0 Å². The zero-order chi connectivity index (χ0) is 24.9. The van der Waals surface area contributed by atoms with E-state index < -0.39 is 10.0 Å². The predicted octanol–water partition coefficient (Wildman–Crippen LogP) is 5.17. The van der Waals surface area contributed by atoms with Gasteiger partial charge >= 0.3 is 0 Å². The van der Waals surface area contributed by atoms with Crippen LogP contribution in [0.25, 0.3) is 0 Å². The van der Waals surface area contributed by atoms with Crippen LogP contribution >= 0.6 is 0 Å². The summed E-state index contributed by atoms with van der Waals surface area (Å²) in [5.41, 5.74) is 5.77. The number of methoxy groups -OCH3 is 1. The number of ether oxygens (including phenoxy) is 1. The van der Waals surface area contributed by atoms with Crippen LogP contribution < -0.4 is 14.4 Å². The molecular weight excluding hydrogens is 436 g/mol. The number of amides is 1. The fourth-order valence-electron chi connectivity index (χ4n) is 4.04. The maximum atomic E-state index is 12.7. The van der Waals surface area contributed by atoms with Crippen molar-refractivity contribution >= 4 is 21.6 Å². The lowest BCUT2D eigenvalue weighted by atomic mass is 9.93. The molecule has 0 aliphatic heterocycles. The van der Waals surface area contributed by atoms with Crippen LogP contribution in [0.3, 0.4) is 0 Å². The SMILES string of the molecule is COc1cc(C)c([C@@H](C)NC(=O)CCCN(c2cc(C)ccc2C)S(C)(=O)=O)cc1C(C)C. The van der Waals surface area contributed by atoms with Crippen LogP contribution in [0.1, 0.15) is 73.4 Å². The minimum absolute atomic E-state index is 0.0989. The molecule has 0 spiro atoms. The molecule has 1 atom stereocenters. The van der Waals surface area contributed by atoms with E-state index in [0.29, 0.717) is 18.0 Å². The Balaban J connectivity index is 2.07. The molecule has 0 heterocycles. The van der Waals surface area contributed by atoms with Gasteiger partial charge in [0.15, 0.2) is 0 Å². The number of nitrogens with zero attached hydrogens (tertiary/aromatic N) is 1. The van der Waals surface area contributed by atoms with Crippen LogP contribution in [0.2, 0.25) is 0 Å². The predicted molar refractivity (Wildman–Crippen MR) is 136 cm³/mol. The molecule has 7 heteroatoms. The van der Waals surface area contributed by atoms with Gasteiger partial charge in [0.1, 0.15) is 5.75 Å². The minimum atomic E-state index is -3.46. The summed E-state index contributed by atoms with van der Waals surface area (Å²) in [6.07, 6.45) is 1.88. The van der Waals surface area contributed by atoms with Gasteiger partial charge in [0.2, 0.25) is 15.9 Å². The molecule has 0 bridgehead atoms. The third-order valence-electron chi connectivity index (χ3n) is 5.88. The van der Waals surface area contributed by atoms with E-state index in [1.165, 1.54) is 10.6 Å². The Kier molecular flexibility index (Phi) is 8.95. The van der Waals surface area contributed by atoms with Crippen molar-refractivity contribution in [3.8, 4) is 5.75 Å². The lowest BCUT2D eigenvalue weighted by Gasteiger charge is -2.25. The van der Waals surface area contributed by atoms with Crippen LogP contribution in [0, 0.1) is 20.8 Å². The van der Waals surface area contributed by atoms with Gasteiger partial charge in [0.05, 0.1) is 25.1 Å². The van der Waals surface area contributed by atoms with Gasteiger partial charge in [-0.15, -0.1) is 0 Å². The molecule has 2 aromatic rings. The van der Waals surface area contributed by atoms with Crippen molar-refractivity contribution in [2.75, 3.05) is 24.2 Å². The largest absolute Gasteiger partial charge is 0.496 e. The van der Waals surface area contributed by atoms with Gasteiger partial charge in [0.25, 0.3) is 0 Å². The summed E-state index contributed by atoms with van der Waals surface area (Å²) in [6.45, 7) is 12.3. The van der Waals surface area contributed by atoms with Gasteiger partial charge in [-0.3, -0.25) is 9.10 Å². The highest BCUT2D eigenvalue weighted by Crippen LogP contribution is 2.32. The monoisotopic (exact) mass is 474 g/mol. The molecule has 0 saturated heterocycles. The zero-order valence-corrected chi connectivity index (χ0v) is 22.0. The summed E-state index contributed by atoms with van der Waals surface area (Å²) in [4.78, 5) is 12.7. The second kappa shape index (κ2) is 11.1. The molecule has 0 aliphatic carbocycles. The Morgan fingerprint density at radius 3 is 2.27 bits per heavy atom. The van der Waals surface area contributed by atoms with E-state index >= 15 is 0 Å². The molecular formula is C26H38N2O4S. The topological polar surface area (TPSA) is 75.7 Å². The van der Waals surface area contributed by atoms with E-state index in [9.17, 15) is 13.2 Å². The second-order valence-electron chi connectivity index (χ2n) is 9.12. The number of hydrogen-bond donors (Lipinski definition) is 1. The Morgan fingerprint density at radius 1 is 1.03 bits per heavy atom. The first-order valence-corrected chi connectivity index (χ1v) is 13.2. The van der Waals surface area contributed by atoms with Gasteiger partial charge in [-0.25, -0.2) is 8.42 Å². The van der Waals surface area contributed by atoms with Crippen LogP contribution in [0.15, 0.2) is 30.3 Å². The number of rotatable bonds is 10. The van der Waals surface area contributed by atoms with Gasteiger partial charge in [-0.05, 0) is 86.1 Å². The molecule has 1 N–H and O–H groups in total. The van der Waals surface area contributed by atoms with Crippen molar-refractivity contribution in [2.24, 2.45) is 0 Å². The first-order chi connectivity index (χ1) is 15.3. The molecule has 2 rings (SSSR count). The normalized spacial score (nSPS) is 12.5. The Labute approximate surface area is 199 Å². The third kappa shape index (κ3) is 6.97. The summed E-state index contributed by atoms with van der Waals surface area (Å²) in [5.74, 6) is 1.06. The molecule has 0 radical (unpaired) electrons. The van der Waals surface area contributed by atoms with E-state index in [-0.39, 0.29) is 24.9 Å². The zero-order valence-electron chi connectivity index (χ0n) is 21.2. The number of sulfonamides is 1. The van der Waals surface area contributed by atoms with Crippen molar-refractivity contribution < 1.29 is 17.9 Å². The maximum Gasteiger partial charge on any atom is 0.232 e. The van der Waals surface area contributed by atoms with Crippen LogP contribution in [-0.4, -0.2) is 34.2 Å². The second-order valence-corrected chi connectivity index (χ2v) is 11.0. The minimum Gasteiger partial charge on any atom is -0.496 e. The van der Waals surface area contributed by atoms with E-state index in [1.54, 1.807) is 7.11 Å². The Bertz CT molecular complexity index is 1090. The molecule has 0 fully saturated rings. The smallest absolute Gasteiger partial charge is 0.232 e. The number of nitrogens with one attached hydrogen (secondary N) is 1. The molecule has 1 amide bonds. The first kappa shape index (κ1) is 26.7. The maximum absolute atomic E-state index is 12.7. The van der Waals surface area contributed by atoms with E-state index in [4.69, 9.17) is 4.74 Å². The van der Waals surface area contributed by atoms with Crippen LogP contribution in [0.5, 0.6) is 5.75 Å². The summed E-state index contributed by atoms with van der Waals surface area (Å²) < 4.78 is 31.8. The summed E-state index contributed by atoms with van der Waals surface area (Å²) in [7, 11) is -1.79. The number of aryl methyl sites for hydroxylation is 3. The van der Waals surface area contributed by atoms with E-state index in [2.05, 4.69) is 25.2 Å². The van der Waals surface area contributed by atoms with Crippen LogP contribution in [-0.2, 0) is 14.8 Å². The molecule has 0 saturated carbocycles. The number of anilines is 1. The van der Waals surface area contributed by atoms with Crippen molar-refractivity contribution in [2.45, 2.75) is 66.3 Å². The van der Waals surface area contributed by atoms with Crippen molar-refractivity contribution in [1.29, 1.82) is 0 Å². The highest BCUT2D eigenvalue weighted by molar-refractivity contribution is 7.92. The molecule has 6 nitrogen and oxygen atoms in total. The van der Waals surface area contributed by atoms with Gasteiger partial charge in [-0.2, -0.15) is 0 Å². The quantitative estimate of drug-likeness (QED) is 0.516. The molecule has 0 aliphatic rings. The lowest BCUT2D eigenvalue weighted by molar-refractivity contribution is -0.121.